The third-order valence-corrected chi connectivity index (χ3v) is 3.51. The molecule has 0 aromatic carbocycles. The molecule has 0 radical (unpaired) electrons. The minimum atomic E-state index is 0.535. The largest absolute Gasteiger partial charge is 0.378 e. The molecule has 88 valence electrons. The standard InChI is InChI=1S/C12H24N2O/c1-2-10-15-12(3-1)6-9-14-11-4-7-13-8-5-11/h11-14H,1-10H2. The normalized spacial score (nSPS) is 29.2. The summed E-state index contributed by atoms with van der Waals surface area (Å²) in [6, 6.07) is 0.745. The molecule has 15 heavy (non-hydrogen) atoms. The maximum atomic E-state index is 5.71. The SMILES string of the molecule is C1CCC(CCNC2CCNCC2)OC1. The minimum absolute atomic E-state index is 0.535. The zero-order valence-corrected chi connectivity index (χ0v) is 9.63. The van der Waals surface area contributed by atoms with Crippen LogP contribution < -0.4 is 10.6 Å². The Morgan fingerprint density at radius 2 is 2.00 bits per heavy atom. The summed E-state index contributed by atoms with van der Waals surface area (Å²) in [5.41, 5.74) is 0. The maximum absolute atomic E-state index is 5.71. The van der Waals surface area contributed by atoms with Gasteiger partial charge < -0.3 is 15.4 Å². The lowest BCUT2D eigenvalue weighted by molar-refractivity contribution is 0.0111. The number of nitrogens with one attached hydrogen (secondary N) is 2. The molecule has 0 aromatic heterocycles. The van der Waals surface area contributed by atoms with Crippen molar-refractivity contribution in [2.75, 3.05) is 26.2 Å². The van der Waals surface area contributed by atoms with Crippen LogP contribution >= 0.6 is 0 Å². The Balaban J connectivity index is 1.53. The summed E-state index contributed by atoms with van der Waals surface area (Å²) in [5, 5.41) is 7.04. The third kappa shape index (κ3) is 4.09. The summed E-state index contributed by atoms with van der Waals surface area (Å²) in [4.78, 5) is 0. The first kappa shape index (κ1) is 11.4. The van der Waals surface area contributed by atoms with Gasteiger partial charge in [-0.05, 0) is 58.2 Å². The average molecular weight is 212 g/mol. The Morgan fingerprint density at radius 3 is 2.73 bits per heavy atom. The smallest absolute Gasteiger partial charge is 0.0587 e. The zero-order chi connectivity index (χ0) is 10.3. The number of hydrogen-bond donors (Lipinski definition) is 2. The molecule has 0 aliphatic carbocycles. The minimum Gasteiger partial charge on any atom is -0.378 e. The second-order valence-corrected chi connectivity index (χ2v) is 4.76. The van der Waals surface area contributed by atoms with Crippen molar-refractivity contribution in [1.29, 1.82) is 0 Å². The molecule has 2 fully saturated rings. The van der Waals surface area contributed by atoms with Crippen LogP contribution in [0.2, 0.25) is 0 Å². The van der Waals surface area contributed by atoms with Crippen LogP contribution in [-0.2, 0) is 4.74 Å². The molecule has 0 amide bonds. The van der Waals surface area contributed by atoms with Crippen LogP contribution in [0.1, 0.15) is 38.5 Å². The Hall–Kier alpha value is -0.120. The summed E-state index contributed by atoms with van der Waals surface area (Å²) < 4.78 is 5.71. The summed E-state index contributed by atoms with van der Waals surface area (Å²) in [6.07, 6.45) is 8.19. The average Bonchev–Trinajstić information content (AvgIpc) is 2.32. The first-order chi connectivity index (χ1) is 7.45. The quantitative estimate of drug-likeness (QED) is 0.736. The molecule has 0 bridgehead atoms. The van der Waals surface area contributed by atoms with E-state index >= 15 is 0 Å². The molecule has 1 atom stereocenters. The van der Waals surface area contributed by atoms with Gasteiger partial charge in [-0.2, -0.15) is 0 Å². The van der Waals surface area contributed by atoms with Gasteiger partial charge in [-0.3, -0.25) is 0 Å². The summed E-state index contributed by atoms with van der Waals surface area (Å²) in [7, 11) is 0. The molecular weight excluding hydrogens is 188 g/mol. The molecule has 2 rings (SSSR count). The van der Waals surface area contributed by atoms with Gasteiger partial charge in [0, 0.05) is 12.6 Å². The fourth-order valence-corrected chi connectivity index (χ4v) is 2.51. The van der Waals surface area contributed by atoms with Gasteiger partial charge in [0.25, 0.3) is 0 Å². The lowest BCUT2D eigenvalue weighted by atomic mass is 10.0. The van der Waals surface area contributed by atoms with E-state index in [1.165, 1.54) is 51.6 Å². The van der Waals surface area contributed by atoms with Gasteiger partial charge in [-0.15, -0.1) is 0 Å². The van der Waals surface area contributed by atoms with Gasteiger partial charge in [0.2, 0.25) is 0 Å². The third-order valence-electron chi connectivity index (χ3n) is 3.51. The van der Waals surface area contributed by atoms with Crippen molar-refractivity contribution in [1.82, 2.24) is 10.6 Å². The van der Waals surface area contributed by atoms with Crippen molar-refractivity contribution in [2.24, 2.45) is 0 Å². The van der Waals surface area contributed by atoms with Crippen LogP contribution in [0.3, 0.4) is 0 Å². The number of hydrogen-bond acceptors (Lipinski definition) is 3. The van der Waals surface area contributed by atoms with Crippen LogP contribution in [-0.4, -0.2) is 38.4 Å². The highest BCUT2D eigenvalue weighted by Crippen LogP contribution is 2.15. The van der Waals surface area contributed by atoms with Gasteiger partial charge in [-0.25, -0.2) is 0 Å². The van der Waals surface area contributed by atoms with Crippen LogP contribution in [0.15, 0.2) is 0 Å². The van der Waals surface area contributed by atoms with Gasteiger partial charge in [0.05, 0.1) is 6.10 Å². The number of ether oxygens (including phenoxy) is 1. The Labute approximate surface area is 93.0 Å². The van der Waals surface area contributed by atoms with E-state index in [9.17, 15) is 0 Å². The molecule has 1 unspecified atom stereocenters. The maximum Gasteiger partial charge on any atom is 0.0587 e. The molecule has 0 aromatic rings. The van der Waals surface area contributed by atoms with Crippen molar-refractivity contribution in [3.63, 3.8) is 0 Å². The van der Waals surface area contributed by atoms with Gasteiger partial charge >= 0.3 is 0 Å². The summed E-state index contributed by atoms with van der Waals surface area (Å²) in [5.74, 6) is 0. The van der Waals surface area contributed by atoms with Crippen molar-refractivity contribution in [3.8, 4) is 0 Å². The zero-order valence-electron chi connectivity index (χ0n) is 9.63. The molecule has 0 saturated carbocycles. The highest BCUT2D eigenvalue weighted by Gasteiger charge is 2.15. The molecule has 2 N–H and O–H groups in total. The number of rotatable bonds is 4. The second-order valence-electron chi connectivity index (χ2n) is 4.76. The predicted octanol–water partition coefficient (Wildman–Crippen LogP) is 1.29. The molecule has 2 aliphatic rings. The molecule has 2 aliphatic heterocycles. The van der Waals surface area contributed by atoms with Gasteiger partial charge in [0.15, 0.2) is 0 Å². The molecule has 0 spiro atoms. The van der Waals surface area contributed by atoms with E-state index in [2.05, 4.69) is 10.6 Å². The molecule has 3 heteroatoms. The summed E-state index contributed by atoms with van der Waals surface area (Å²) >= 11 is 0. The van der Waals surface area contributed by atoms with Gasteiger partial charge in [-0.1, -0.05) is 0 Å². The Bertz CT molecular complexity index is 145. The first-order valence-electron chi connectivity index (χ1n) is 6.51. The lowest BCUT2D eigenvalue weighted by Crippen LogP contribution is -2.41. The predicted molar refractivity (Wildman–Crippen MR) is 62.1 cm³/mol. The van der Waals surface area contributed by atoms with Crippen molar-refractivity contribution >= 4 is 0 Å². The van der Waals surface area contributed by atoms with E-state index in [-0.39, 0.29) is 0 Å². The fraction of sp³-hybridized carbons (Fsp3) is 1.00. The molecule has 3 nitrogen and oxygen atoms in total. The van der Waals surface area contributed by atoms with Crippen molar-refractivity contribution in [2.45, 2.75) is 50.7 Å². The molecule has 2 saturated heterocycles. The van der Waals surface area contributed by atoms with Crippen LogP contribution in [0.4, 0.5) is 0 Å². The van der Waals surface area contributed by atoms with E-state index < -0.39 is 0 Å². The van der Waals surface area contributed by atoms with Crippen LogP contribution in [0, 0.1) is 0 Å². The van der Waals surface area contributed by atoms with E-state index in [0.29, 0.717) is 6.10 Å². The summed E-state index contributed by atoms with van der Waals surface area (Å²) in [6.45, 7) is 4.47. The first-order valence-corrected chi connectivity index (χ1v) is 6.51. The van der Waals surface area contributed by atoms with E-state index in [1.807, 2.05) is 0 Å². The van der Waals surface area contributed by atoms with E-state index in [1.54, 1.807) is 0 Å². The van der Waals surface area contributed by atoms with E-state index in [4.69, 9.17) is 4.74 Å². The molecule has 2 heterocycles. The van der Waals surface area contributed by atoms with Gasteiger partial charge in [0.1, 0.15) is 0 Å². The molecular formula is C12H24N2O. The second kappa shape index (κ2) is 6.46. The fourth-order valence-electron chi connectivity index (χ4n) is 2.51. The highest BCUT2D eigenvalue weighted by atomic mass is 16.5. The van der Waals surface area contributed by atoms with Crippen molar-refractivity contribution in [3.05, 3.63) is 0 Å². The van der Waals surface area contributed by atoms with Crippen LogP contribution in [0.25, 0.3) is 0 Å². The van der Waals surface area contributed by atoms with Crippen LogP contribution in [0.5, 0.6) is 0 Å². The van der Waals surface area contributed by atoms with Crippen molar-refractivity contribution < 1.29 is 4.74 Å². The Morgan fingerprint density at radius 1 is 1.13 bits per heavy atom. The van der Waals surface area contributed by atoms with E-state index in [0.717, 1.165) is 19.2 Å². The highest BCUT2D eigenvalue weighted by molar-refractivity contribution is 4.75. The number of piperidine rings is 1. The lowest BCUT2D eigenvalue weighted by Gasteiger charge is -2.26. The topological polar surface area (TPSA) is 33.3 Å². The monoisotopic (exact) mass is 212 g/mol. The Kier molecular flexibility index (Phi) is 4.90.